The van der Waals surface area contributed by atoms with E-state index in [1.165, 1.54) is 7.05 Å². The summed E-state index contributed by atoms with van der Waals surface area (Å²) >= 11 is 0. The fraction of sp³-hybridized carbons (Fsp3) is 0.750. The molecule has 0 aliphatic rings. The van der Waals surface area contributed by atoms with E-state index in [2.05, 4.69) is 4.74 Å². The van der Waals surface area contributed by atoms with Gasteiger partial charge >= 0.3 is 11.9 Å². The highest BCUT2D eigenvalue weighted by molar-refractivity contribution is 6.32. The SMILES string of the molecule is CCOC(=O)C(=O)N(C)C(C)CO. The van der Waals surface area contributed by atoms with Crippen LogP contribution < -0.4 is 0 Å². The van der Waals surface area contributed by atoms with Crippen molar-refractivity contribution < 1.29 is 19.4 Å². The summed E-state index contributed by atoms with van der Waals surface area (Å²) in [6.45, 7) is 3.26. The minimum absolute atomic E-state index is 0.173. The molecular formula is C8H15NO4. The van der Waals surface area contributed by atoms with Crippen LogP contribution in [0.5, 0.6) is 0 Å². The van der Waals surface area contributed by atoms with E-state index < -0.39 is 11.9 Å². The van der Waals surface area contributed by atoms with E-state index in [0.717, 1.165) is 4.90 Å². The summed E-state index contributed by atoms with van der Waals surface area (Å²) in [6, 6.07) is -0.378. The Labute approximate surface area is 77.3 Å². The van der Waals surface area contributed by atoms with Crippen LogP contribution in [0.3, 0.4) is 0 Å². The average molecular weight is 189 g/mol. The lowest BCUT2D eigenvalue weighted by Crippen LogP contribution is -2.42. The molecule has 0 heterocycles. The van der Waals surface area contributed by atoms with Crippen LogP contribution in [0, 0.1) is 0 Å². The number of nitrogens with zero attached hydrogens (tertiary/aromatic N) is 1. The van der Waals surface area contributed by atoms with E-state index in [1.807, 2.05) is 0 Å². The molecule has 1 amide bonds. The average Bonchev–Trinajstić information content (AvgIpc) is 2.14. The molecule has 5 heteroatoms. The van der Waals surface area contributed by atoms with Crippen LogP contribution in [-0.4, -0.2) is 48.2 Å². The maximum Gasteiger partial charge on any atom is 0.397 e. The Balaban J connectivity index is 4.17. The quantitative estimate of drug-likeness (QED) is 0.475. The number of hydrogen-bond donors (Lipinski definition) is 1. The molecule has 1 atom stereocenters. The van der Waals surface area contributed by atoms with Gasteiger partial charge < -0.3 is 14.7 Å². The van der Waals surface area contributed by atoms with Crippen molar-refractivity contribution in [2.24, 2.45) is 0 Å². The van der Waals surface area contributed by atoms with E-state index >= 15 is 0 Å². The van der Waals surface area contributed by atoms with Gasteiger partial charge in [0, 0.05) is 7.05 Å². The molecule has 0 aromatic heterocycles. The lowest BCUT2D eigenvalue weighted by Gasteiger charge is -2.21. The first kappa shape index (κ1) is 11.9. The second-order valence-corrected chi connectivity index (χ2v) is 2.67. The fourth-order valence-corrected chi connectivity index (χ4v) is 0.659. The van der Waals surface area contributed by atoms with Gasteiger partial charge in [0.2, 0.25) is 0 Å². The highest BCUT2D eigenvalue weighted by Gasteiger charge is 2.23. The van der Waals surface area contributed by atoms with Gasteiger partial charge in [-0.1, -0.05) is 0 Å². The van der Waals surface area contributed by atoms with Crippen LogP contribution >= 0.6 is 0 Å². The summed E-state index contributed by atoms with van der Waals surface area (Å²) in [6.07, 6.45) is 0. The molecular weight excluding hydrogens is 174 g/mol. The van der Waals surface area contributed by atoms with Gasteiger partial charge in [-0.2, -0.15) is 0 Å². The number of amides is 1. The Morgan fingerprint density at radius 3 is 2.46 bits per heavy atom. The van der Waals surface area contributed by atoms with E-state index in [9.17, 15) is 9.59 Å². The summed E-state index contributed by atoms with van der Waals surface area (Å²) < 4.78 is 4.51. The molecule has 0 aliphatic carbocycles. The summed E-state index contributed by atoms with van der Waals surface area (Å²) in [5.41, 5.74) is 0. The lowest BCUT2D eigenvalue weighted by atomic mass is 10.3. The molecule has 0 spiro atoms. The Kier molecular flexibility index (Phi) is 5.06. The van der Waals surface area contributed by atoms with Crippen LogP contribution in [-0.2, 0) is 14.3 Å². The van der Waals surface area contributed by atoms with Crippen molar-refractivity contribution in [2.45, 2.75) is 19.9 Å². The summed E-state index contributed by atoms with van der Waals surface area (Å²) in [5.74, 6) is -1.62. The zero-order valence-electron chi connectivity index (χ0n) is 8.11. The van der Waals surface area contributed by atoms with Crippen molar-refractivity contribution in [1.82, 2.24) is 4.90 Å². The third-order valence-electron chi connectivity index (χ3n) is 1.70. The first-order valence-corrected chi connectivity index (χ1v) is 4.09. The van der Waals surface area contributed by atoms with Crippen LogP contribution in [0.4, 0.5) is 0 Å². The van der Waals surface area contributed by atoms with Gasteiger partial charge in [0.25, 0.3) is 0 Å². The Hall–Kier alpha value is -1.10. The number of esters is 1. The highest BCUT2D eigenvalue weighted by Crippen LogP contribution is 1.96. The van der Waals surface area contributed by atoms with E-state index in [4.69, 9.17) is 5.11 Å². The molecule has 0 saturated carbocycles. The van der Waals surface area contributed by atoms with Gasteiger partial charge in [-0.25, -0.2) is 4.79 Å². The molecule has 13 heavy (non-hydrogen) atoms. The van der Waals surface area contributed by atoms with Gasteiger partial charge in [0.1, 0.15) is 0 Å². The molecule has 0 aromatic carbocycles. The maximum absolute atomic E-state index is 11.2. The van der Waals surface area contributed by atoms with Gasteiger partial charge in [-0.3, -0.25) is 4.79 Å². The maximum atomic E-state index is 11.2. The zero-order chi connectivity index (χ0) is 10.4. The first-order valence-electron chi connectivity index (χ1n) is 4.09. The molecule has 0 fully saturated rings. The summed E-state index contributed by atoms with van der Waals surface area (Å²) in [5, 5.41) is 8.72. The largest absolute Gasteiger partial charge is 0.459 e. The molecule has 5 nitrogen and oxygen atoms in total. The topological polar surface area (TPSA) is 66.8 Å². The molecule has 0 bridgehead atoms. The monoisotopic (exact) mass is 189 g/mol. The number of aliphatic hydroxyl groups is 1. The predicted molar refractivity (Wildman–Crippen MR) is 46.0 cm³/mol. The van der Waals surface area contributed by atoms with Crippen LogP contribution in [0.15, 0.2) is 0 Å². The van der Waals surface area contributed by atoms with Crippen LogP contribution in [0.25, 0.3) is 0 Å². The van der Waals surface area contributed by atoms with Crippen molar-refractivity contribution >= 4 is 11.9 Å². The van der Waals surface area contributed by atoms with Gasteiger partial charge in [-0.15, -0.1) is 0 Å². The highest BCUT2D eigenvalue weighted by atomic mass is 16.5. The smallest absolute Gasteiger partial charge is 0.397 e. The lowest BCUT2D eigenvalue weighted by molar-refractivity contribution is -0.160. The molecule has 1 unspecified atom stereocenters. The normalized spacial score (nSPS) is 12.0. The third-order valence-corrected chi connectivity index (χ3v) is 1.70. The van der Waals surface area contributed by atoms with Crippen molar-refractivity contribution in [3.05, 3.63) is 0 Å². The number of ether oxygens (including phenoxy) is 1. The predicted octanol–water partition coefficient (Wildman–Crippen LogP) is -0.611. The molecule has 1 N–H and O–H groups in total. The summed E-state index contributed by atoms with van der Waals surface area (Å²) in [4.78, 5) is 23.2. The van der Waals surface area contributed by atoms with Crippen molar-refractivity contribution in [1.29, 1.82) is 0 Å². The summed E-state index contributed by atoms with van der Waals surface area (Å²) in [7, 11) is 1.44. The number of likely N-dealkylation sites (N-methyl/N-ethyl adjacent to an activating group) is 1. The van der Waals surface area contributed by atoms with Crippen molar-refractivity contribution in [3.63, 3.8) is 0 Å². The number of rotatable bonds is 3. The van der Waals surface area contributed by atoms with Gasteiger partial charge in [0.15, 0.2) is 0 Å². The van der Waals surface area contributed by atoms with Crippen molar-refractivity contribution in [3.8, 4) is 0 Å². The minimum Gasteiger partial charge on any atom is -0.459 e. The third kappa shape index (κ3) is 3.42. The number of hydrogen-bond acceptors (Lipinski definition) is 4. The number of carbonyl (C=O) groups is 2. The Bertz CT molecular complexity index is 193. The van der Waals surface area contributed by atoms with Crippen molar-refractivity contribution in [2.75, 3.05) is 20.3 Å². The Morgan fingerprint density at radius 1 is 1.54 bits per heavy atom. The van der Waals surface area contributed by atoms with Crippen LogP contribution in [0.2, 0.25) is 0 Å². The second-order valence-electron chi connectivity index (χ2n) is 2.67. The minimum atomic E-state index is -0.884. The van der Waals surface area contributed by atoms with Gasteiger partial charge in [-0.05, 0) is 13.8 Å². The molecule has 0 saturated heterocycles. The molecule has 0 rings (SSSR count). The molecule has 0 aliphatic heterocycles. The van der Waals surface area contributed by atoms with E-state index in [0.29, 0.717) is 0 Å². The van der Waals surface area contributed by atoms with Gasteiger partial charge in [0.05, 0.1) is 19.3 Å². The van der Waals surface area contributed by atoms with E-state index in [-0.39, 0.29) is 19.3 Å². The number of aliphatic hydroxyl groups excluding tert-OH is 1. The molecule has 76 valence electrons. The molecule has 0 aromatic rings. The standard InChI is InChI=1S/C8H15NO4/c1-4-13-8(12)7(11)9(3)6(2)5-10/h6,10H,4-5H2,1-3H3. The fourth-order valence-electron chi connectivity index (χ4n) is 0.659. The number of carbonyl (C=O) groups excluding carboxylic acids is 2. The molecule has 0 radical (unpaired) electrons. The van der Waals surface area contributed by atoms with Crippen LogP contribution in [0.1, 0.15) is 13.8 Å². The van der Waals surface area contributed by atoms with E-state index in [1.54, 1.807) is 13.8 Å². The Morgan fingerprint density at radius 2 is 2.08 bits per heavy atom. The second kappa shape index (κ2) is 5.53. The zero-order valence-corrected chi connectivity index (χ0v) is 8.11. The first-order chi connectivity index (χ1) is 6.04.